The molecule has 0 atom stereocenters. The molecule has 1 aromatic heterocycles. The number of benzene rings is 1. The molecule has 0 radical (unpaired) electrons. The van der Waals surface area contributed by atoms with Gasteiger partial charge in [0.15, 0.2) is 0 Å². The molecule has 2 aliphatic rings. The van der Waals surface area contributed by atoms with Crippen LogP contribution in [0.4, 0.5) is 11.6 Å². The Kier molecular flexibility index (Phi) is 6.70. The summed E-state index contributed by atoms with van der Waals surface area (Å²) < 4.78 is 5.40. The molecule has 3 heterocycles. The number of anilines is 2. The van der Waals surface area contributed by atoms with Gasteiger partial charge in [-0.1, -0.05) is 30.3 Å². The topological polar surface area (TPSA) is 56.8 Å². The number of rotatable bonds is 7. The van der Waals surface area contributed by atoms with Crippen LogP contribution in [0.2, 0.25) is 0 Å². The maximum atomic E-state index is 5.40. The molecule has 2 aromatic rings. The third-order valence-corrected chi connectivity index (χ3v) is 5.44. The summed E-state index contributed by atoms with van der Waals surface area (Å²) in [4.78, 5) is 16.2. The molecule has 0 aliphatic carbocycles. The summed E-state index contributed by atoms with van der Waals surface area (Å²) in [7, 11) is 0. The molecule has 150 valence electrons. The minimum absolute atomic E-state index is 0.841. The monoisotopic (exact) mass is 382 g/mol. The Bertz CT molecular complexity index is 714. The van der Waals surface area contributed by atoms with Gasteiger partial charge in [-0.2, -0.15) is 0 Å². The highest BCUT2D eigenvalue weighted by Gasteiger charge is 2.18. The maximum Gasteiger partial charge on any atom is 0.134 e. The molecule has 0 spiro atoms. The van der Waals surface area contributed by atoms with Crippen LogP contribution in [-0.2, 0) is 11.3 Å². The van der Waals surface area contributed by atoms with E-state index in [-0.39, 0.29) is 0 Å². The van der Waals surface area contributed by atoms with E-state index < -0.39 is 0 Å². The van der Waals surface area contributed by atoms with Gasteiger partial charge in [0.25, 0.3) is 0 Å². The Morgan fingerprint density at radius 3 is 2.46 bits per heavy atom. The van der Waals surface area contributed by atoms with Crippen LogP contribution < -0.4 is 10.2 Å². The third-order valence-electron chi connectivity index (χ3n) is 5.44. The lowest BCUT2D eigenvalue weighted by molar-refractivity contribution is 0.0398. The molecule has 1 aromatic carbocycles. The molecular formula is C21H30N6O. The molecule has 0 bridgehead atoms. The first kappa shape index (κ1) is 19.1. The molecular weight excluding hydrogens is 352 g/mol. The van der Waals surface area contributed by atoms with Crippen molar-refractivity contribution in [3.63, 3.8) is 0 Å². The van der Waals surface area contributed by atoms with Crippen molar-refractivity contribution in [3.05, 3.63) is 48.3 Å². The highest BCUT2D eigenvalue weighted by Crippen LogP contribution is 2.17. The summed E-state index contributed by atoms with van der Waals surface area (Å²) in [5.41, 5.74) is 1.38. The molecule has 0 amide bonds. The van der Waals surface area contributed by atoms with Gasteiger partial charge in [0, 0.05) is 65.0 Å². The SMILES string of the molecule is c1ccc(CN2CCN(c3cc(NCCN4CCOCC4)ncn3)CC2)cc1. The van der Waals surface area contributed by atoms with Crippen molar-refractivity contribution in [3.8, 4) is 0 Å². The van der Waals surface area contributed by atoms with Crippen LogP contribution in [0.1, 0.15) is 5.56 Å². The normalized spacial score (nSPS) is 18.9. The van der Waals surface area contributed by atoms with E-state index in [0.29, 0.717) is 0 Å². The fourth-order valence-electron chi connectivity index (χ4n) is 3.76. The molecule has 2 fully saturated rings. The van der Waals surface area contributed by atoms with Crippen molar-refractivity contribution >= 4 is 11.6 Å². The van der Waals surface area contributed by atoms with Crippen LogP contribution in [-0.4, -0.2) is 85.3 Å². The van der Waals surface area contributed by atoms with Crippen LogP contribution in [0.25, 0.3) is 0 Å². The zero-order chi connectivity index (χ0) is 19.0. The van der Waals surface area contributed by atoms with Gasteiger partial charge >= 0.3 is 0 Å². The van der Waals surface area contributed by atoms with Crippen molar-refractivity contribution in [2.75, 3.05) is 75.8 Å². The lowest BCUT2D eigenvalue weighted by Gasteiger charge is -2.35. The van der Waals surface area contributed by atoms with Gasteiger partial charge in [-0.3, -0.25) is 9.80 Å². The smallest absolute Gasteiger partial charge is 0.134 e. The fourth-order valence-corrected chi connectivity index (χ4v) is 3.76. The molecule has 2 saturated heterocycles. The molecule has 2 aliphatic heterocycles. The Morgan fingerprint density at radius 2 is 1.68 bits per heavy atom. The van der Waals surface area contributed by atoms with Gasteiger partial charge in [-0.15, -0.1) is 0 Å². The van der Waals surface area contributed by atoms with E-state index in [1.807, 2.05) is 0 Å². The first-order valence-electron chi connectivity index (χ1n) is 10.2. The summed E-state index contributed by atoms with van der Waals surface area (Å²) in [6, 6.07) is 12.8. The van der Waals surface area contributed by atoms with Crippen LogP contribution in [0.5, 0.6) is 0 Å². The second-order valence-electron chi connectivity index (χ2n) is 7.39. The minimum atomic E-state index is 0.841. The third kappa shape index (κ3) is 5.41. The van der Waals surface area contributed by atoms with Gasteiger partial charge in [0.2, 0.25) is 0 Å². The molecule has 0 saturated carbocycles. The van der Waals surface area contributed by atoms with Gasteiger partial charge in [0.05, 0.1) is 13.2 Å². The lowest BCUT2D eigenvalue weighted by Crippen LogP contribution is -2.46. The molecule has 4 rings (SSSR count). The van der Waals surface area contributed by atoms with E-state index in [9.17, 15) is 0 Å². The second kappa shape index (κ2) is 9.82. The van der Waals surface area contributed by atoms with Crippen LogP contribution in [0, 0.1) is 0 Å². The van der Waals surface area contributed by atoms with Gasteiger partial charge in [0.1, 0.15) is 18.0 Å². The van der Waals surface area contributed by atoms with Crippen molar-refractivity contribution < 1.29 is 4.74 Å². The molecule has 7 nitrogen and oxygen atoms in total. The average Bonchev–Trinajstić information content (AvgIpc) is 2.76. The van der Waals surface area contributed by atoms with E-state index in [0.717, 1.165) is 83.8 Å². The number of piperazine rings is 1. The van der Waals surface area contributed by atoms with E-state index >= 15 is 0 Å². The van der Waals surface area contributed by atoms with Gasteiger partial charge in [-0.05, 0) is 5.56 Å². The number of hydrogen-bond donors (Lipinski definition) is 1. The Hall–Kier alpha value is -2.22. The zero-order valence-corrected chi connectivity index (χ0v) is 16.5. The fraction of sp³-hybridized carbons (Fsp3) is 0.524. The minimum Gasteiger partial charge on any atom is -0.379 e. The Morgan fingerprint density at radius 1 is 0.893 bits per heavy atom. The van der Waals surface area contributed by atoms with E-state index in [2.05, 4.69) is 66.4 Å². The van der Waals surface area contributed by atoms with Gasteiger partial charge in [-0.25, -0.2) is 9.97 Å². The number of hydrogen-bond acceptors (Lipinski definition) is 7. The van der Waals surface area contributed by atoms with Crippen LogP contribution in [0.3, 0.4) is 0 Å². The number of morpholine rings is 1. The van der Waals surface area contributed by atoms with Crippen LogP contribution in [0.15, 0.2) is 42.7 Å². The standard InChI is InChI=1S/C21H30N6O/c1-2-4-19(5-3-1)17-26-8-10-27(11-9-26)21-16-20(23-18-24-21)22-6-7-25-12-14-28-15-13-25/h1-5,16,18H,6-15,17H2,(H,22,23,24). The molecule has 7 heteroatoms. The average molecular weight is 383 g/mol. The first-order chi connectivity index (χ1) is 13.9. The first-order valence-corrected chi connectivity index (χ1v) is 10.2. The summed E-state index contributed by atoms with van der Waals surface area (Å²) in [6.07, 6.45) is 1.67. The summed E-state index contributed by atoms with van der Waals surface area (Å²) in [5, 5.41) is 3.44. The highest BCUT2D eigenvalue weighted by atomic mass is 16.5. The predicted octanol–water partition coefficient (Wildman–Crippen LogP) is 1.54. The molecule has 0 unspecified atom stereocenters. The Labute approximate surface area is 167 Å². The summed E-state index contributed by atoms with van der Waals surface area (Å²) >= 11 is 0. The van der Waals surface area contributed by atoms with E-state index in [1.165, 1.54) is 5.56 Å². The van der Waals surface area contributed by atoms with Crippen molar-refractivity contribution in [1.29, 1.82) is 0 Å². The quantitative estimate of drug-likeness (QED) is 0.780. The second-order valence-corrected chi connectivity index (χ2v) is 7.39. The molecule has 28 heavy (non-hydrogen) atoms. The summed E-state index contributed by atoms with van der Waals surface area (Å²) in [5.74, 6) is 1.92. The van der Waals surface area contributed by atoms with Crippen molar-refractivity contribution in [2.24, 2.45) is 0 Å². The number of nitrogens with one attached hydrogen (secondary N) is 1. The number of nitrogens with zero attached hydrogens (tertiary/aromatic N) is 5. The number of ether oxygens (including phenoxy) is 1. The summed E-state index contributed by atoms with van der Waals surface area (Å²) in [6.45, 7) is 10.7. The lowest BCUT2D eigenvalue weighted by atomic mass is 10.2. The Balaban J connectivity index is 1.24. The number of aromatic nitrogens is 2. The van der Waals surface area contributed by atoms with E-state index in [4.69, 9.17) is 4.74 Å². The predicted molar refractivity (Wildman–Crippen MR) is 112 cm³/mol. The van der Waals surface area contributed by atoms with Crippen molar-refractivity contribution in [2.45, 2.75) is 6.54 Å². The van der Waals surface area contributed by atoms with Crippen molar-refractivity contribution in [1.82, 2.24) is 19.8 Å². The highest BCUT2D eigenvalue weighted by molar-refractivity contribution is 5.48. The van der Waals surface area contributed by atoms with Crippen LogP contribution >= 0.6 is 0 Å². The zero-order valence-electron chi connectivity index (χ0n) is 16.5. The largest absolute Gasteiger partial charge is 0.379 e. The maximum absolute atomic E-state index is 5.40. The van der Waals surface area contributed by atoms with Gasteiger partial charge < -0.3 is 15.0 Å². The molecule has 1 N–H and O–H groups in total. The van der Waals surface area contributed by atoms with E-state index in [1.54, 1.807) is 6.33 Å².